The molecule has 2 rings (SSSR count). The van der Waals surface area contributed by atoms with Crippen molar-refractivity contribution < 1.29 is 5.11 Å². The summed E-state index contributed by atoms with van der Waals surface area (Å²) in [5.41, 5.74) is 1.14. The molecule has 0 bridgehead atoms. The van der Waals surface area contributed by atoms with Crippen molar-refractivity contribution in [3.63, 3.8) is 0 Å². The fourth-order valence-electron chi connectivity index (χ4n) is 1.41. The van der Waals surface area contributed by atoms with E-state index in [0.717, 1.165) is 15.6 Å². The van der Waals surface area contributed by atoms with Gasteiger partial charge in [-0.25, -0.2) is 0 Å². The lowest BCUT2D eigenvalue weighted by Gasteiger charge is -1.96. The van der Waals surface area contributed by atoms with E-state index < -0.39 is 0 Å². The molecule has 0 amide bonds. The van der Waals surface area contributed by atoms with Gasteiger partial charge in [0.1, 0.15) is 5.75 Å². The highest BCUT2D eigenvalue weighted by molar-refractivity contribution is 9.08. The maximum Gasteiger partial charge on any atom is 0.117 e. The van der Waals surface area contributed by atoms with E-state index in [-0.39, 0.29) is 0 Å². The van der Waals surface area contributed by atoms with Gasteiger partial charge in [0.25, 0.3) is 0 Å². The zero-order valence-electron chi connectivity index (χ0n) is 7.17. The number of thiophene rings is 1. The smallest absolute Gasteiger partial charge is 0.117 e. The fourth-order valence-corrected chi connectivity index (χ4v) is 2.94. The van der Waals surface area contributed by atoms with Gasteiger partial charge >= 0.3 is 0 Å². The zero-order chi connectivity index (χ0) is 9.42. The van der Waals surface area contributed by atoms with Crippen LogP contribution in [0.3, 0.4) is 0 Å². The largest absolute Gasteiger partial charge is 0.508 e. The molecule has 0 saturated carbocycles. The molecule has 1 nitrogen and oxygen atoms in total. The summed E-state index contributed by atoms with van der Waals surface area (Å²) in [5.74, 6) is 0.355. The third-order valence-corrected chi connectivity index (χ3v) is 4.07. The molecule has 0 aliphatic carbocycles. The van der Waals surface area contributed by atoms with Crippen molar-refractivity contribution in [1.82, 2.24) is 0 Å². The Balaban J connectivity index is 2.75. The Morgan fingerprint density at radius 2 is 2.15 bits per heavy atom. The Kier molecular flexibility index (Phi) is 2.30. The van der Waals surface area contributed by atoms with Crippen LogP contribution in [-0.2, 0) is 5.33 Å². The molecule has 0 spiro atoms. The minimum Gasteiger partial charge on any atom is -0.508 e. The van der Waals surface area contributed by atoms with Crippen molar-refractivity contribution in [3.05, 3.63) is 28.6 Å². The van der Waals surface area contributed by atoms with Crippen LogP contribution in [0.15, 0.2) is 18.2 Å². The third kappa shape index (κ3) is 1.58. The van der Waals surface area contributed by atoms with Crippen LogP contribution < -0.4 is 0 Å². The topological polar surface area (TPSA) is 20.2 Å². The Bertz CT molecular complexity index is 447. The number of aromatic hydroxyl groups is 1. The van der Waals surface area contributed by atoms with E-state index >= 15 is 0 Å². The molecule has 0 saturated heterocycles. The molecule has 0 atom stereocenters. The van der Waals surface area contributed by atoms with Crippen LogP contribution >= 0.6 is 27.3 Å². The molecular formula is C10H9BrOS. The van der Waals surface area contributed by atoms with E-state index in [1.807, 2.05) is 13.0 Å². The molecule has 13 heavy (non-hydrogen) atoms. The van der Waals surface area contributed by atoms with Crippen LogP contribution in [0.4, 0.5) is 0 Å². The molecule has 3 heteroatoms. The number of phenols is 1. The zero-order valence-corrected chi connectivity index (χ0v) is 9.58. The molecule has 2 aromatic rings. The van der Waals surface area contributed by atoms with Crippen LogP contribution in [0.5, 0.6) is 5.75 Å². The molecule has 1 heterocycles. The van der Waals surface area contributed by atoms with Crippen LogP contribution in [0.1, 0.15) is 10.4 Å². The second-order valence-corrected chi connectivity index (χ2v) is 4.75. The highest BCUT2D eigenvalue weighted by atomic mass is 79.9. The second kappa shape index (κ2) is 3.31. The number of hydrogen-bond donors (Lipinski definition) is 1. The van der Waals surface area contributed by atoms with Crippen molar-refractivity contribution >= 4 is 37.4 Å². The number of halogens is 1. The van der Waals surface area contributed by atoms with Crippen molar-refractivity contribution in [3.8, 4) is 5.75 Å². The first kappa shape index (κ1) is 9.03. The number of aryl methyl sites for hydroxylation is 1. The molecule has 1 aromatic carbocycles. The molecular weight excluding hydrogens is 248 g/mol. The molecule has 1 aromatic heterocycles. The predicted octanol–water partition coefficient (Wildman–Crippen LogP) is 3.81. The maximum atomic E-state index is 9.39. The van der Waals surface area contributed by atoms with Gasteiger partial charge in [-0.2, -0.15) is 0 Å². The monoisotopic (exact) mass is 256 g/mol. The first-order valence-electron chi connectivity index (χ1n) is 3.98. The first-order chi connectivity index (χ1) is 6.20. The Hall–Kier alpha value is -0.540. The average molecular weight is 257 g/mol. The van der Waals surface area contributed by atoms with E-state index in [1.54, 1.807) is 17.4 Å². The highest BCUT2D eigenvalue weighted by Gasteiger charge is 2.04. The second-order valence-electron chi connectivity index (χ2n) is 3.02. The van der Waals surface area contributed by atoms with Gasteiger partial charge in [-0.3, -0.25) is 0 Å². The number of rotatable bonds is 1. The Morgan fingerprint density at radius 1 is 1.38 bits per heavy atom. The van der Waals surface area contributed by atoms with Crippen LogP contribution in [0.25, 0.3) is 10.1 Å². The van der Waals surface area contributed by atoms with Crippen LogP contribution in [0, 0.1) is 6.92 Å². The summed E-state index contributed by atoms with van der Waals surface area (Å²) in [6.45, 7) is 2.02. The molecule has 0 aliphatic rings. The number of phenolic OH excluding ortho intramolecular Hbond substituents is 1. The summed E-state index contributed by atoms with van der Waals surface area (Å²) >= 11 is 5.15. The average Bonchev–Trinajstić information content (AvgIpc) is 2.47. The fraction of sp³-hybridized carbons (Fsp3) is 0.200. The van der Waals surface area contributed by atoms with Crippen molar-refractivity contribution in [2.45, 2.75) is 12.3 Å². The molecule has 0 unspecified atom stereocenters. The van der Waals surface area contributed by atoms with E-state index in [9.17, 15) is 5.11 Å². The van der Waals surface area contributed by atoms with Gasteiger partial charge in [0.05, 0.1) is 0 Å². The summed E-state index contributed by atoms with van der Waals surface area (Å²) < 4.78 is 1.16. The number of fused-ring (bicyclic) bond motifs is 1. The van der Waals surface area contributed by atoms with Crippen LogP contribution in [0.2, 0.25) is 0 Å². The quantitative estimate of drug-likeness (QED) is 0.770. The number of alkyl halides is 1. The standard InChI is InChI=1S/C10H9BrOS/c1-6-2-7(12)3-10-9(6)4-8(5-11)13-10/h2-4,12H,5H2,1H3. The first-order valence-corrected chi connectivity index (χ1v) is 5.92. The third-order valence-electron chi connectivity index (χ3n) is 2.01. The van der Waals surface area contributed by atoms with Crippen LogP contribution in [-0.4, -0.2) is 5.11 Å². The highest BCUT2D eigenvalue weighted by Crippen LogP contribution is 2.32. The van der Waals surface area contributed by atoms with Gasteiger partial charge in [-0.05, 0) is 36.1 Å². The van der Waals surface area contributed by atoms with Gasteiger partial charge in [0.15, 0.2) is 0 Å². The number of hydrogen-bond acceptors (Lipinski definition) is 2. The Labute approximate surface area is 89.1 Å². The summed E-state index contributed by atoms with van der Waals surface area (Å²) in [7, 11) is 0. The van der Waals surface area contributed by atoms with E-state index in [2.05, 4.69) is 22.0 Å². The molecule has 68 valence electrons. The van der Waals surface area contributed by atoms with Crippen molar-refractivity contribution in [2.75, 3.05) is 0 Å². The van der Waals surface area contributed by atoms with E-state index in [4.69, 9.17) is 0 Å². The molecule has 1 N–H and O–H groups in total. The van der Waals surface area contributed by atoms with Crippen molar-refractivity contribution in [1.29, 1.82) is 0 Å². The van der Waals surface area contributed by atoms with Gasteiger partial charge in [0, 0.05) is 14.9 Å². The van der Waals surface area contributed by atoms with Gasteiger partial charge in [-0.15, -0.1) is 11.3 Å². The lowest BCUT2D eigenvalue weighted by molar-refractivity contribution is 0.476. The van der Waals surface area contributed by atoms with Crippen molar-refractivity contribution in [2.24, 2.45) is 0 Å². The minimum absolute atomic E-state index is 0.355. The van der Waals surface area contributed by atoms with E-state index in [0.29, 0.717) is 5.75 Å². The minimum atomic E-state index is 0.355. The summed E-state index contributed by atoms with van der Waals surface area (Å²) in [6, 6.07) is 5.79. The Morgan fingerprint density at radius 3 is 2.85 bits per heavy atom. The maximum absolute atomic E-state index is 9.39. The van der Waals surface area contributed by atoms with Gasteiger partial charge in [0.2, 0.25) is 0 Å². The van der Waals surface area contributed by atoms with Gasteiger partial charge in [-0.1, -0.05) is 15.9 Å². The molecule has 0 radical (unpaired) electrons. The SMILES string of the molecule is Cc1cc(O)cc2sc(CBr)cc12. The number of benzene rings is 1. The van der Waals surface area contributed by atoms with Gasteiger partial charge < -0.3 is 5.11 Å². The van der Waals surface area contributed by atoms with E-state index in [1.165, 1.54) is 10.3 Å². The normalized spacial score (nSPS) is 10.9. The summed E-state index contributed by atoms with van der Waals surface area (Å²) in [4.78, 5) is 1.30. The molecule has 0 aliphatic heterocycles. The lowest BCUT2D eigenvalue weighted by Crippen LogP contribution is -1.72. The summed E-state index contributed by atoms with van der Waals surface area (Å²) in [5, 5.41) is 11.5. The molecule has 0 fully saturated rings. The lowest BCUT2D eigenvalue weighted by atomic mass is 10.1. The summed E-state index contributed by atoms with van der Waals surface area (Å²) in [6.07, 6.45) is 0. The predicted molar refractivity (Wildman–Crippen MR) is 60.9 cm³/mol.